The molecule has 24 heteroatoms. The minimum Gasteiger partial charge on any atom is -0.507 e. The minimum atomic E-state index is -1.18. The largest absolute Gasteiger partial charge is 0.507 e. The van der Waals surface area contributed by atoms with Gasteiger partial charge in [-0.3, -0.25) is 19.2 Å². The number of halogens is 14. The normalized spacial score (nSPS) is 11.1. The van der Waals surface area contributed by atoms with E-state index in [-0.39, 0.29) is 61.4 Å². The Labute approximate surface area is 666 Å². The molecule has 0 aliphatic heterocycles. The van der Waals surface area contributed by atoms with Crippen molar-refractivity contribution in [2.24, 2.45) is 0 Å². The number of hydrogen-bond acceptors (Lipinski definition) is 6. The minimum absolute atomic E-state index is 0.196. The number of aliphatic hydroxyl groups excluding tert-OH is 1. The third-order valence-corrected chi connectivity index (χ3v) is 21.1. The molecule has 0 saturated carbocycles. The number of pyridine rings is 4. The molecule has 0 atom stereocenters. The second-order valence-corrected chi connectivity index (χ2v) is 28.4. The van der Waals surface area contributed by atoms with Crippen molar-refractivity contribution in [2.45, 2.75) is 13.5 Å². The van der Waals surface area contributed by atoms with Crippen molar-refractivity contribution in [1.82, 2.24) is 19.9 Å². The predicted octanol–water partition coefficient (Wildman–Crippen LogP) is 25.5. The smallest absolute Gasteiger partial charge is 0.256 e. The Balaban J connectivity index is 0.000000129. The Bertz CT molecular complexity index is 6380. The molecule has 0 spiro atoms. The quantitative estimate of drug-likeness (QED) is 0.0785. The number of aryl methyl sites for hydroxylation is 1. The van der Waals surface area contributed by atoms with E-state index in [9.17, 15) is 51.3 Å². The molecule has 0 radical (unpaired) electrons. The molecule has 0 aliphatic carbocycles. The van der Waals surface area contributed by atoms with E-state index in [4.69, 9.17) is 104 Å². The first-order valence-electron chi connectivity index (χ1n) is 33.0. The maximum atomic E-state index is 14.5. The molecule has 0 unspecified atom stereocenters. The molecule has 16 rings (SSSR count). The lowest BCUT2D eigenvalue weighted by Crippen LogP contribution is -2.09. The summed E-state index contributed by atoms with van der Waals surface area (Å²) in [6.45, 7) is 1.66. The fraction of sp³-hybridized carbons (Fsp3) is 0.0233. The zero-order chi connectivity index (χ0) is 78.1. The maximum Gasteiger partial charge on any atom is 0.256 e. The van der Waals surface area contributed by atoms with Gasteiger partial charge in [0.2, 0.25) is 0 Å². The molecule has 4 aromatic heterocycles. The average Bonchev–Trinajstić information content (AvgIpc) is 0.767. The van der Waals surface area contributed by atoms with Crippen LogP contribution in [0.2, 0.25) is 45.2 Å². The van der Waals surface area contributed by atoms with Crippen LogP contribution in [0.25, 0.3) is 132 Å². The van der Waals surface area contributed by atoms with Crippen LogP contribution in [0.5, 0.6) is 5.75 Å². The fourth-order valence-corrected chi connectivity index (χ4v) is 15.9. The van der Waals surface area contributed by atoms with E-state index in [2.05, 4.69) is 19.9 Å². The van der Waals surface area contributed by atoms with Crippen LogP contribution in [0.1, 0.15) is 11.1 Å². The maximum absolute atomic E-state index is 14.5. The van der Waals surface area contributed by atoms with Crippen molar-refractivity contribution < 1.29 is 32.2 Å². The average molecular weight is 1650 g/mol. The number of H-pyrrole nitrogens is 4. The Hall–Kier alpha value is -10.5. The zero-order valence-electron chi connectivity index (χ0n) is 56.5. The van der Waals surface area contributed by atoms with Crippen LogP contribution in [0.4, 0.5) is 22.0 Å². The molecule has 10 nitrogen and oxygen atoms in total. The molecular formula is C86H50Cl9F5N4O6. The van der Waals surface area contributed by atoms with Crippen molar-refractivity contribution in [3.8, 4) is 94.8 Å². The number of phenolic OH excluding ortho intramolecular Hbond substituents is 1. The number of phenols is 1. The molecule has 6 N–H and O–H groups in total. The van der Waals surface area contributed by atoms with Crippen LogP contribution in [0, 0.1) is 36.0 Å². The van der Waals surface area contributed by atoms with Gasteiger partial charge in [0.1, 0.15) is 23.2 Å². The lowest BCUT2D eigenvalue weighted by molar-refractivity contribution is 0.282. The second-order valence-electron chi connectivity index (χ2n) is 24.7. The topological polar surface area (TPSA) is 172 Å². The van der Waals surface area contributed by atoms with E-state index in [0.29, 0.717) is 112 Å². The van der Waals surface area contributed by atoms with Crippen molar-refractivity contribution >= 4 is 147 Å². The van der Waals surface area contributed by atoms with Crippen LogP contribution in [-0.4, -0.2) is 30.1 Å². The first-order valence-corrected chi connectivity index (χ1v) is 36.4. The number of nitrogens with one attached hydrogen (secondary N) is 4. The monoisotopic (exact) mass is 1640 g/mol. The van der Waals surface area contributed by atoms with Gasteiger partial charge in [-0.1, -0.05) is 220 Å². The summed E-state index contributed by atoms with van der Waals surface area (Å²) in [6, 6.07) is 56.7. The van der Waals surface area contributed by atoms with Crippen LogP contribution >= 0.6 is 104 Å². The van der Waals surface area contributed by atoms with Crippen LogP contribution in [-0.2, 0) is 6.61 Å². The van der Waals surface area contributed by atoms with Crippen molar-refractivity contribution in [3.05, 3.63) is 364 Å². The molecule has 110 heavy (non-hydrogen) atoms. The van der Waals surface area contributed by atoms with Gasteiger partial charge in [-0.2, -0.15) is 0 Å². The number of hydrogen-bond donors (Lipinski definition) is 6. The molecule has 0 bridgehead atoms. The number of aliphatic hydroxyl groups is 1. The van der Waals surface area contributed by atoms with E-state index in [1.807, 2.05) is 55.5 Å². The summed E-state index contributed by atoms with van der Waals surface area (Å²) < 4.78 is 69.4. The van der Waals surface area contributed by atoms with E-state index < -0.39 is 34.6 Å². The number of benzene rings is 12. The summed E-state index contributed by atoms with van der Waals surface area (Å²) in [6.07, 6.45) is 6.21. The molecule has 16 aromatic rings. The van der Waals surface area contributed by atoms with Crippen molar-refractivity contribution in [2.75, 3.05) is 0 Å². The zero-order valence-corrected chi connectivity index (χ0v) is 63.3. The summed E-state index contributed by atoms with van der Waals surface area (Å²) >= 11 is 56.9. The summed E-state index contributed by atoms with van der Waals surface area (Å²) in [7, 11) is 0. The van der Waals surface area contributed by atoms with Crippen LogP contribution < -0.4 is 22.2 Å². The molecule has 0 amide bonds. The standard InChI is InChI=1S/C22H14Cl3NO2.C22H14Cl2FNO.C21H11Cl2F2NO2.C21H11Cl2F2NO/c23-17-7-2-5-13(16(17)11-27)12-4-1-6-14-15(12)10-26-22(28)20(14)21-18(24)8-3-9-19(21)25;1-12-10-13(25)8-9-14(12)15-4-2-5-16-17(15)11-26-22(27)20(16)21-18(23)6-3-7-19(21)24;22-13-5-2-6-14(23)19(13)18-11-4-1-3-10(12(11)9-26-21(18)28)17-16(27)8-7-15(24)20(17)25;22-16-5-2-6-17(23)20(16)19-14-4-1-3-12(15(14)10-26-21(19)27)13-8-7-11(24)9-18(13)25/h1-10,27H,11H2,(H,26,28);2-11H,1H3,(H,26,27);1-9,27H,(H,26,28);1-10H,(H,26,27). The van der Waals surface area contributed by atoms with Gasteiger partial charge in [0.15, 0.2) is 11.6 Å². The third kappa shape index (κ3) is 15.2. The van der Waals surface area contributed by atoms with E-state index in [1.54, 1.807) is 128 Å². The number of fused-ring (bicyclic) bond motifs is 4. The Kier molecular flexibility index (Phi) is 23.3. The summed E-state index contributed by atoms with van der Waals surface area (Å²) in [5, 5.41) is 28.3. The van der Waals surface area contributed by atoms with Crippen LogP contribution in [0.15, 0.2) is 256 Å². The summed E-state index contributed by atoms with van der Waals surface area (Å²) in [5.74, 6) is -4.33. The third-order valence-electron chi connectivity index (χ3n) is 18.3. The van der Waals surface area contributed by atoms with Gasteiger partial charge in [-0.25, -0.2) is 22.0 Å². The van der Waals surface area contributed by atoms with Gasteiger partial charge >= 0.3 is 0 Å². The molecule has 12 aromatic carbocycles. The lowest BCUT2D eigenvalue weighted by atomic mass is 9.92. The highest BCUT2D eigenvalue weighted by atomic mass is 35.5. The number of aromatic hydroxyl groups is 1. The number of aromatic amines is 4. The van der Waals surface area contributed by atoms with Crippen LogP contribution in [0.3, 0.4) is 0 Å². The molecule has 548 valence electrons. The van der Waals surface area contributed by atoms with Crippen molar-refractivity contribution in [3.63, 3.8) is 0 Å². The molecular weight excluding hydrogens is 1600 g/mol. The highest BCUT2D eigenvalue weighted by Crippen LogP contribution is 2.46. The van der Waals surface area contributed by atoms with E-state index in [1.165, 1.54) is 42.7 Å². The summed E-state index contributed by atoms with van der Waals surface area (Å²) in [4.78, 5) is 61.5. The fourth-order valence-electron chi connectivity index (χ4n) is 13.4. The highest BCUT2D eigenvalue weighted by Gasteiger charge is 2.25. The van der Waals surface area contributed by atoms with E-state index in [0.717, 1.165) is 62.2 Å². The van der Waals surface area contributed by atoms with Gasteiger partial charge in [0.05, 0.1) is 74.6 Å². The van der Waals surface area contributed by atoms with Gasteiger partial charge in [-0.05, 0) is 158 Å². The number of rotatable bonds is 9. The molecule has 0 fully saturated rings. The highest BCUT2D eigenvalue weighted by molar-refractivity contribution is 6.42. The Morgan fingerprint density at radius 1 is 0.291 bits per heavy atom. The molecule has 4 heterocycles. The Morgan fingerprint density at radius 2 is 0.591 bits per heavy atom. The van der Waals surface area contributed by atoms with Gasteiger partial charge in [0, 0.05) is 90.8 Å². The van der Waals surface area contributed by atoms with Crippen molar-refractivity contribution in [1.29, 1.82) is 0 Å². The second kappa shape index (κ2) is 33.0. The predicted molar refractivity (Wildman–Crippen MR) is 439 cm³/mol. The van der Waals surface area contributed by atoms with Gasteiger partial charge < -0.3 is 30.1 Å². The van der Waals surface area contributed by atoms with Gasteiger partial charge in [0.25, 0.3) is 22.2 Å². The molecule has 0 aliphatic rings. The first-order chi connectivity index (χ1) is 52.9. The first kappa shape index (κ1) is 77.7. The van der Waals surface area contributed by atoms with E-state index >= 15 is 0 Å². The SMILES string of the molecule is Cc1cc(F)ccc1-c1cccc2c(-c3c(Cl)cccc3Cl)c(=O)[nH]cc12.O=c1[nH]cc2c(-c3c(O)ccc(F)c3F)cccc2c1-c1c(Cl)cccc1Cl.O=c1[nH]cc2c(-c3ccc(F)cc3F)cccc2c1-c1c(Cl)cccc1Cl.O=c1[nH]cc2c(-c3cccc(Cl)c3CO)cccc2c1-c1c(Cl)cccc1Cl. The molecule has 0 saturated heterocycles. The summed E-state index contributed by atoms with van der Waals surface area (Å²) in [5.41, 5.74) is 7.21. The number of aromatic nitrogens is 4. The van der Waals surface area contributed by atoms with Gasteiger partial charge in [-0.15, -0.1) is 0 Å². The lowest BCUT2D eigenvalue weighted by Gasteiger charge is -2.15. The Morgan fingerprint density at radius 3 is 0.955 bits per heavy atom.